The van der Waals surface area contributed by atoms with E-state index >= 15 is 0 Å². The fraction of sp³-hybridized carbons (Fsp3) is 0.538. The monoisotopic (exact) mass is 250 g/mol. The van der Waals surface area contributed by atoms with Crippen LogP contribution < -0.4 is 4.74 Å². The Balaban J connectivity index is 2.04. The van der Waals surface area contributed by atoms with E-state index < -0.39 is 5.97 Å². The van der Waals surface area contributed by atoms with Crippen molar-refractivity contribution in [3.8, 4) is 5.88 Å². The van der Waals surface area contributed by atoms with Gasteiger partial charge in [0.15, 0.2) is 0 Å². The number of ether oxygens (including phenoxy) is 1. The normalized spacial score (nSPS) is 24.1. The molecular weight excluding hydrogens is 232 g/mol. The van der Waals surface area contributed by atoms with Gasteiger partial charge in [-0.3, -0.25) is 9.69 Å². The molecule has 18 heavy (non-hydrogen) atoms. The summed E-state index contributed by atoms with van der Waals surface area (Å²) in [4.78, 5) is 17.5. The van der Waals surface area contributed by atoms with E-state index in [0.717, 1.165) is 12.2 Å². The van der Waals surface area contributed by atoms with Crippen LogP contribution in [0.25, 0.3) is 0 Å². The van der Waals surface area contributed by atoms with E-state index in [4.69, 9.17) is 9.84 Å². The lowest BCUT2D eigenvalue weighted by atomic mass is 10.0. The number of hydrogen-bond donors (Lipinski definition) is 1. The summed E-state index contributed by atoms with van der Waals surface area (Å²) in [6, 6.07) is 5.69. The molecule has 0 bridgehead atoms. The minimum absolute atomic E-state index is 0.0514. The lowest BCUT2D eigenvalue weighted by Gasteiger charge is -2.22. The molecular formula is C13H18N2O3. The van der Waals surface area contributed by atoms with Gasteiger partial charge < -0.3 is 9.84 Å². The lowest BCUT2D eigenvalue weighted by Crippen LogP contribution is -2.32. The molecule has 1 aromatic rings. The van der Waals surface area contributed by atoms with Crippen LogP contribution in [0.5, 0.6) is 5.88 Å². The van der Waals surface area contributed by atoms with E-state index in [-0.39, 0.29) is 12.0 Å². The number of aliphatic carboxylic acids is 1. The molecule has 0 saturated carbocycles. The first-order valence-corrected chi connectivity index (χ1v) is 6.08. The summed E-state index contributed by atoms with van der Waals surface area (Å²) < 4.78 is 5.08. The van der Waals surface area contributed by atoms with E-state index in [1.807, 2.05) is 19.1 Å². The Morgan fingerprint density at radius 2 is 2.39 bits per heavy atom. The van der Waals surface area contributed by atoms with Crippen molar-refractivity contribution in [2.45, 2.75) is 25.9 Å². The van der Waals surface area contributed by atoms with Crippen molar-refractivity contribution in [3.63, 3.8) is 0 Å². The van der Waals surface area contributed by atoms with Gasteiger partial charge in [0.2, 0.25) is 5.88 Å². The molecule has 2 heterocycles. The summed E-state index contributed by atoms with van der Waals surface area (Å²) in [5.41, 5.74) is 0.909. The van der Waals surface area contributed by atoms with Crippen LogP contribution in [0.2, 0.25) is 0 Å². The standard InChI is InChI=1S/C13H18N2O3/c1-9-11(13(16)17)6-7-15(9)8-10-4-3-5-12(14-10)18-2/h3-5,9,11H,6-8H2,1-2H3,(H,16,17). The second-order valence-corrected chi connectivity index (χ2v) is 4.62. The van der Waals surface area contributed by atoms with Crippen LogP contribution >= 0.6 is 0 Å². The molecule has 0 spiro atoms. The Labute approximate surface area is 106 Å². The highest BCUT2D eigenvalue weighted by molar-refractivity contribution is 5.71. The van der Waals surface area contributed by atoms with Crippen LogP contribution in [-0.2, 0) is 11.3 Å². The Bertz CT molecular complexity index is 436. The molecule has 0 aromatic carbocycles. The first-order valence-electron chi connectivity index (χ1n) is 6.08. The van der Waals surface area contributed by atoms with Crippen LogP contribution in [0.15, 0.2) is 18.2 Å². The Hall–Kier alpha value is -1.62. The van der Waals surface area contributed by atoms with Gasteiger partial charge >= 0.3 is 5.97 Å². The molecule has 98 valence electrons. The fourth-order valence-electron chi connectivity index (χ4n) is 2.42. The van der Waals surface area contributed by atoms with Crippen molar-refractivity contribution in [2.24, 2.45) is 5.92 Å². The van der Waals surface area contributed by atoms with E-state index in [0.29, 0.717) is 18.8 Å². The summed E-state index contributed by atoms with van der Waals surface area (Å²) in [6.07, 6.45) is 0.709. The van der Waals surface area contributed by atoms with Crippen molar-refractivity contribution < 1.29 is 14.6 Å². The molecule has 2 unspecified atom stereocenters. The third-order valence-electron chi connectivity index (χ3n) is 3.56. The fourth-order valence-corrected chi connectivity index (χ4v) is 2.42. The predicted molar refractivity (Wildman–Crippen MR) is 66.4 cm³/mol. The molecule has 1 fully saturated rings. The first kappa shape index (κ1) is 12.8. The number of hydrogen-bond acceptors (Lipinski definition) is 4. The highest BCUT2D eigenvalue weighted by Crippen LogP contribution is 2.25. The van der Waals surface area contributed by atoms with E-state index in [1.165, 1.54) is 0 Å². The molecule has 0 aliphatic carbocycles. The average molecular weight is 250 g/mol. The average Bonchev–Trinajstić information content (AvgIpc) is 2.71. The molecule has 1 saturated heterocycles. The molecule has 0 radical (unpaired) electrons. The molecule has 5 heteroatoms. The first-order chi connectivity index (χ1) is 8.61. The van der Waals surface area contributed by atoms with E-state index in [9.17, 15) is 4.79 Å². The summed E-state index contributed by atoms with van der Waals surface area (Å²) >= 11 is 0. The zero-order valence-corrected chi connectivity index (χ0v) is 10.7. The van der Waals surface area contributed by atoms with Crippen molar-refractivity contribution in [2.75, 3.05) is 13.7 Å². The molecule has 5 nitrogen and oxygen atoms in total. The minimum Gasteiger partial charge on any atom is -0.481 e. The topological polar surface area (TPSA) is 62.7 Å². The number of methoxy groups -OCH3 is 1. The van der Waals surface area contributed by atoms with Crippen LogP contribution in [-0.4, -0.2) is 40.7 Å². The minimum atomic E-state index is -0.705. The number of carboxylic acid groups (broad SMARTS) is 1. The van der Waals surface area contributed by atoms with Gasteiger partial charge in [-0.25, -0.2) is 4.98 Å². The lowest BCUT2D eigenvalue weighted by molar-refractivity contribution is -0.142. The molecule has 1 aromatic heterocycles. The van der Waals surface area contributed by atoms with Gasteiger partial charge in [0.25, 0.3) is 0 Å². The predicted octanol–water partition coefficient (Wildman–Crippen LogP) is 1.39. The van der Waals surface area contributed by atoms with Gasteiger partial charge in [0.1, 0.15) is 0 Å². The zero-order valence-electron chi connectivity index (χ0n) is 10.7. The second-order valence-electron chi connectivity index (χ2n) is 4.62. The van der Waals surface area contributed by atoms with Gasteiger partial charge in [-0.05, 0) is 26.0 Å². The highest BCUT2D eigenvalue weighted by Gasteiger charge is 2.35. The third kappa shape index (κ3) is 2.61. The van der Waals surface area contributed by atoms with E-state index in [1.54, 1.807) is 13.2 Å². The molecule has 1 N–H and O–H groups in total. The van der Waals surface area contributed by atoms with Gasteiger partial charge in [-0.2, -0.15) is 0 Å². The number of carbonyl (C=O) groups is 1. The Morgan fingerprint density at radius 1 is 1.61 bits per heavy atom. The van der Waals surface area contributed by atoms with Crippen LogP contribution in [0.4, 0.5) is 0 Å². The number of aromatic nitrogens is 1. The Kier molecular flexibility index (Phi) is 3.81. The molecule has 2 rings (SSSR count). The van der Waals surface area contributed by atoms with Crippen molar-refractivity contribution in [1.29, 1.82) is 0 Å². The third-order valence-corrected chi connectivity index (χ3v) is 3.56. The summed E-state index contributed by atoms with van der Waals surface area (Å²) in [6.45, 7) is 3.44. The van der Waals surface area contributed by atoms with Crippen LogP contribution in [0, 0.1) is 5.92 Å². The molecule has 2 atom stereocenters. The summed E-state index contributed by atoms with van der Waals surface area (Å²) in [7, 11) is 1.59. The molecule has 0 amide bonds. The zero-order chi connectivity index (χ0) is 13.1. The quantitative estimate of drug-likeness (QED) is 0.874. The maximum Gasteiger partial charge on any atom is 0.308 e. The van der Waals surface area contributed by atoms with Crippen LogP contribution in [0.1, 0.15) is 19.0 Å². The maximum absolute atomic E-state index is 11.0. The van der Waals surface area contributed by atoms with Crippen LogP contribution in [0.3, 0.4) is 0 Å². The largest absolute Gasteiger partial charge is 0.481 e. The number of likely N-dealkylation sites (tertiary alicyclic amines) is 1. The van der Waals surface area contributed by atoms with Crippen molar-refractivity contribution in [1.82, 2.24) is 9.88 Å². The van der Waals surface area contributed by atoms with Gasteiger partial charge in [-0.15, -0.1) is 0 Å². The van der Waals surface area contributed by atoms with Crippen molar-refractivity contribution >= 4 is 5.97 Å². The van der Waals surface area contributed by atoms with E-state index in [2.05, 4.69) is 9.88 Å². The number of nitrogens with zero attached hydrogens (tertiary/aromatic N) is 2. The van der Waals surface area contributed by atoms with Gasteiger partial charge in [0, 0.05) is 18.7 Å². The number of pyridine rings is 1. The van der Waals surface area contributed by atoms with Gasteiger partial charge in [0.05, 0.1) is 18.7 Å². The highest BCUT2D eigenvalue weighted by atomic mass is 16.5. The molecule has 1 aliphatic rings. The smallest absolute Gasteiger partial charge is 0.308 e. The van der Waals surface area contributed by atoms with Gasteiger partial charge in [-0.1, -0.05) is 6.07 Å². The summed E-state index contributed by atoms with van der Waals surface area (Å²) in [5.74, 6) is -0.381. The SMILES string of the molecule is COc1cccc(CN2CCC(C(=O)O)C2C)n1. The number of rotatable bonds is 4. The summed E-state index contributed by atoms with van der Waals surface area (Å²) in [5, 5.41) is 9.09. The maximum atomic E-state index is 11.0. The number of carboxylic acids is 1. The second kappa shape index (κ2) is 5.35. The Morgan fingerprint density at radius 3 is 3.00 bits per heavy atom. The molecule has 1 aliphatic heterocycles. The van der Waals surface area contributed by atoms with Crippen molar-refractivity contribution in [3.05, 3.63) is 23.9 Å².